The zero-order valence-electron chi connectivity index (χ0n) is 5.91. The van der Waals surface area contributed by atoms with E-state index in [1.807, 2.05) is 0 Å². The van der Waals surface area contributed by atoms with Gasteiger partial charge in [0.25, 0.3) is 0 Å². The highest BCUT2D eigenvalue weighted by atomic mass is 16.6. The van der Waals surface area contributed by atoms with E-state index in [-0.39, 0.29) is 19.4 Å². The zero-order chi connectivity index (χ0) is 7.28. The van der Waals surface area contributed by atoms with Crippen LogP contribution in [0.25, 0.3) is 0 Å². The minimum Gasteiger partial charge on any atom is -0.461 e. The van der Waals surface area contributed by atoms with Crippen LogP contribution in [0.4, 0.5) is 0 Å². The largest absolute Gasteiger partial charge is 0.461 e. The van der Waals surface area contributed by atoms with Gasteiger partial charge in [0.1, 0.15) is 12.7 Å². The van der Waals surface area contributed by atoms with Gasteiger partial charge in [0.2, 0.25) is 0 Å². The van der Waals surface area contributed by atoms with Crippen molar-refractivity contribution in [2.75, 3.05) is 13.2 Å². The number of ether oxygens (including phenoxy) is 1. The van der Waals surface area contributed by atoms with Crippen molar-refractivity contribution in [3.8, 4) is 0 Å². The van der Waals surface area contributed by atoms with Crippen LogP contribution in [0, 0.1) is 0 Å². The SMILES string of the molecule is CC(O)C(=O)OCCO.N. The minimum absolute atomic E-state index is 0. The first-order valence-corrected chi connectivity index (χ1v) is 2.64. The zero-order valence-corrected chi connectivity index (χ0v) is 5.91. The summed E-state index contributed by atoms with van der Waals surface area (Å²) in [5, 5.41) is 16.6. The first kappa shape index (κ1) is 12.1. The molecule has 0 heterocycles. The smallest absolute Gasteiger partial charge is 0.334 e. The van der Waals surface area contributed by atoms with Gasteiger partial charge in [0.05, 0.1) is 6.61 Å². The van der Waals surface area contributed by atoms with Crippen molar-refractivity contribution < 1.29 is 19.7 Å². The van der Waals surface area contributed by atoms with Gasteiger partial charge in [-0.1, -0.05) is 0 Å². The molecule has 0 aliphatic rings. The van der Waals surface area contributed by atoms with Gasteiger partial charge in [0.15, 0.2) is 0 Å². The number of carbonyl (C=O) groups excluding carboxylic acids is 1. The van der Waals surface area contributed by atoms with Gasteiger partial charge in [-0.05, 0) is 6.92 Å². The van der Waals surface area contributed by atoms with Crippen molar-refractivity contribution in [2.24, 2.45) is 0 Å². The topological polar surface area (TPSA) is 102 Å². The van der Waals surface area contributed by atoms with Crippen molar-refractivity contribution in [3.63, 3.8) is 0 Å². The van der Waals surface area contributed by atoms with Crippen LogP contribution >= 0.6 is 0 Å². The van der Waals surface area contributed by atoms with E-state index >= 15 is 0 Å². The van der Waals surface area contributed by atoms with Crippen molar-refractivity contribution >= 4 is 5.97 Å². The summed E-state index contributed by atoms with van der Waals surface area (Å²) in [6.07, 6.45) is -1.10. The molecule has 0 fully saturated rings. The van der Waals surface area contributed by atoms with Crippen LogP contribution < -0.4 is 6.15 Å². The van der Waals surface area contributed by atoms with E-state index in [1.54, 1.807) is 0 Å². The second-order valence-electron chi connectivity index (χ2n) is 1.57. The summed E-state index contributed by atoms with van der Waals surface area (Å²) in [5.74, 6) is -0.705. The third-order valence-corrected chi connectivity index (χ3v) is 0.677. The highest BCUT2D eigenvalue weighted by Crippen LogP contribution is 1.84. The summed E-state index contributed by atoms with van der Waals surface area (Å²) in [7, 11) is 0. The molecule has 1 unspecified atom stereocenters. The predicted molar refractivity (Wildman–Crippen MR) is 34.7 cm³/mol. The normalized spacial score (nSPS) is 11.5. The summed E-state index contributed by atoms with van der Waals surface area (Å²) < 4.78 is 4.31. The van der Waals surface area contributed by atoms with Crippen molar-refractivity contribution in [3.05, 3.63) is 0 Å². The summed E-state index contributed by atoms with van der Waals surface area (Å²) in [5.41, 5.74) is 0. The number of aliphatic hydroxyl groups is 2. The van der Waals surface area contributed by atoms with Crippen LogP contribution in [0.5, 0.6) is 0 Å². The third kappa shape index (κ3) is 5.49. The molecule has 0 aliphatic heterocycles. The second kappa shape index (κ2) is 6.47. The molecule has 0 aromatic rings. The fourth-order valence-electron chi connectivity index (χ4n) is 0.267. The Morgan fingerprint density at radius 1 is 1.70 bits per heavy atom. The lowest BCUT2D eigenvalue weighted by atomic mass is 10.4. The quantitative estimate of drug-likeness (QED) is 0.452. The van der Waals surface area contributed by atoms with Crippen LogP contribution in [-0.2, 0) is 9.53 Å². The monoisotopic (exact) mass is 151 g/mol. The number of esters is 1. The van der Waals surface area contributed by atoms with E-state index in [0.717, 1.165) is 0 Å². The van der Waals surface area contributed by atoms with Gasteiger partial charge in [-0.15, -0.1) is 0 Å². The summed E-state index contributed by atoms with van der Waals surface area (Å²) in [6.45, 7) is 1.04. The molecule has 10 heavy (non-hydrogen) atoms. The molecule has 1 atom stereocenters. The van der Waals surface area contributed by atoms with Crippen molar-refractivity contribution in [1.82, 2.24) is 6.15 Å². The van der Waals surface area contributed by atoms with Crippen molar-refractivity contribution in [1.29, 1.82) is 0 Å². The number of rotatable bonds is 3. The van der Waals surface area contributed by atoms with Gasteiger partial charge in [-0.2, -0.15) is 0 Å². The molecule has 0 radical (unpaired) electrons. The van der Waals surface area contributed by atoms with Crippen LogP contribution in [-0.4, -0.2) is 35.5 Å². The molecule has 5 N–H and O–H groups in total. The molecular formula is C5H13NO4. The molecule has 0 aromatic heterocycles. The van der Waals surface area contributed by atoms with E-state index in [2.05, 4.69) is 4.74 Å². The van der Waals surface area contributed by atoms with Gasteiger partial charge in [-0.25, -0.2) is 4.79 Å². The van der Waals surface area contributed by atoms with Crippen LogP contribution in [0.3, 0.4) is 0 Å². The molecular weight excluding hydrogens is 138 g/mol. The molecule has 62 valence electrons. The molecule has 0 saturated carbocycles. The van der Waals surface area contributed by atoms with Gasteiger partial charge < -0.3 is 21.1 Å². The highest BCUT2D eigenvalue weighted by molar-refractivity contribution is 5.73. The third-order valence-electron chi connectivity index (χ3n) is 0.677. The average Bonchev–Trinajstić information content (AvgIpc) is 1.82. The van der Waals surface area contributed by atoms with Gasteiger partial charge >= 0.3 is 5.97 Å². The molecule has 5 heteroatoms. The Morgan fingerprint density at radius 2 is 2.20 bits per heavy atom. The molecule has 0 amide bonds. The molecule has 5 nitrogen and oxygen atoms in total. The first-order valence-electron chi connectivity index (χ1n) is 2.64. The van der Waals surface area contributed by atoms with E-state index in [9.17, 15) is 4.79 Å². The fraction of sp³-hybridized carbons (Fsp3) is 0.800. The predicted octanol–water partition coefficient (Wildman–Crippen LogP) is -0.935. The maximum absolute atomic E-state index is 10.3. The van der Waals surface area contributed by atoms with Crippen LogP contribution in [0.2, 0.25) is 0 Å². The minimum atomic E-state index is -1.10. The lowest BCUT2D eigenvalue weighted by Gasteiger charge is -2.02. The Kier molecular flexibility index (Phi) is 7.81. The fourth-order valence-corrected chi connectivity index (χ4v) is 0.267. The average molecular weight is 151 g/mol. The summed E-state index contributed by atoms with van der Waals surface area (Å²) >= 11 is 0. The Bertz CT molecular complexity index is 93.6. The summed E-state index contributed by atoms with van der Waals surface area (Å²) in [4.78, 5) is 10.3. The number of aliphatic hydroxyl groups excluding tert-OH is 2. The molecule has 0 aliphatic carbocycles. The van der Waals surface area contributed by atoms with Gasteiger partial charge in [0, 0.05) is 0 Å². The molecule has 0 spiro atoms. The maximum Gasteiger partial charge on any atom is 0.334 e. The lowest BCUT2D eigenvalue weighted by molar-refractivity contribution is -0.153. The van der Waals surface area contributed by atoms with Crippen LogP contribution in [0.1, 0.15) is 6.92 Å². The molecule has 0 bridgehead atoms. The van der Waals surface area contributed by atoms with E-state index < -0.39 is 12.1 Å². The maximum atomic E-state index is 10.3. The second-order valence-corrected chi connectivity index (χ2v) is 1.57. The number of hydrogen-bond donors (Lipinski definition) is 3. The number of hydrogen-bond acceptors (Lipinski definition) is 5. The number of carbonyl (C=O) groups is 1. The van der Waals surface area contributed by atoms with Gasteiger partial charge in [-0.3, -0.25) is 0 Å². The molecule has 0 rings (SSSR count). The van der Waals surface area contributed by atoms with E-state index in [0.29, 0.717) is 0 Å². The Morgan fingerprint density at radius 3 is 2.50 bits per heavy atom. The Labute approximate surface area is 59.2 Å². The Hall–Kier alpha value is -0.650. The first-order chi connectivity index (χ1) is 4.18. The standard InChI is InChI=1S/C5H10O4.H3N/c1-4(7)5(8)9-3-2-6;/h4,6-7H,2-3H2,1H3;1H3. The Balaban J connectivity index is 0. The highest BCUT2D eigenvalue weighted by Gasteiger charge is 2.08. The molecule has 0 aromatic carbocycles. The molecule has 0 saturated heterocycles. The lowest BCUT2D eigenvalue weighted by Crippen LogP contribution is -2.20. The van der Waals surface area contributed by atoms with Crippen LogP contribution in [0.15, 0.2) is 0 Å². The van der Waals surface area contributed by atoms with E-state index in [1.165, 1.54) is 6.92 Å². The summed E-state index contributed by atoms with van der Waals surface area (Å²) in [6, 6.07) is 0. The van der Waals surface area contributed by atoms with Crippen molar-refractivity contribution in [2.45, 2.75) is 13.0 Å². The van der Waals surface area contributed by atoms with E-state index in [4.69, 9.17) is 10.2 Å².